The average Bonchev–Trinajstić information content (AvgIpc) is 2.30. The van der Waals surface area contributed by atoms with Crippen LogP contribution in [0.5, 0.6) is 0 Å². The molecule has 4 heteroatoms. The van der Waals surface area contributed by atoms with Gasteiger partial charge in [-0.1, -0.05) is 36.2 Å². The molecular formula is C14H22Cl2N2. The molecule has 18 heavy (non-hydrogen) atoms. The Morgan fingerprint density at radius 2 is 1.83 bits per heavy atom. The van der Waals surface area contributed by atoms with Gasteiger partial charge in [-0.2, -0.15) is 0 Å². The molecule has 0 fully saturated rings. The standard InChI is InChI=1S/C14H22Cl2N2/c1-4-17-11(8-9-18(2)3)10-12-13(15)6-5-7-14(12)16/h5-7,11,17H,4,8-10H2,1-3H3. The van der Waals surface area contributed by atoms with E-state index in [9.17, 15) is 0 Å². The Morgan fingerprint density at radius 3 is 2.33 bits per heavy atom. The molecule has 0 spiro atoms. The lowest BCUT2D eigenvalue weighted by molar-refractivity contribution is 0.358. The minimum atomic E-state index is 0.412. The van der Waals surface area contributed by atoms with Crippen molar-refractivity contribution < 1.29 is 0 Å². The van der Waals surface area contributed by atoms with Crippen molar-refractivity contribution in [3.05, 3.63) is 33.8 Å². The predicted octanol–water partition coefficient (Wildman–Crippen LogP) is 3.47. The summed E-state index contributed by atoms with van der Waals surface area (Å²) in [4.78, 5) is 2.19. The van der Waals surface area contributed by atoms with Gasteiger partial charge in [0, 0.05) is 16.1 Å². The maximum absolute atomic E-state index is 6.21. The molecule has 0 saturated carbocycles. The molecule has 1 atom stereocenters. The fourth-order valence-electron chi connectivity index (χ4n) is 1.95. The van der Waals surface area contributed by atoms with Crippen molar-refractivity contribution in [3.63, 3.8) is 0 Å². The van der Waals surface area contributed by atoms with E-state index in [0.717, 1.165) is 41.5 Å². The van der Waals surface area contributed by atoms with Crippen molar-refractivity contribution in [1.82, 2.24) is 10.2 Å². The molecular weight excluding hydrogens is 267 g/mol. The van der Waals surface area contributed by atoms with Gasteiger partial charge in [-0.3, -0.25) is 0 Å². The van der Waals surface area contributed by atoms with E-state index in [2.05, 4.69) is 31.2 Å². The van der Waals surface area contributed by atoms with Crippen molar-refractivity contribution in [2.45, 2.75) is 25.8 Å². The number of hydrogen-bond donors (Lipinski definition) is 1. The number of nitrogens with one attached hydrogen (secondary N) is 1. The third-order valence-corrected chi connectivity index (χ3v) is 3.64. The van der Waals surface area contributed by atoms with Gasteiger partial charge < -0.3 is 10.2 Å². The van der Waals surface area contributed by atoms with E-state index in [-0.39, 0.29) is 0 Å². The van der Waals surface area contributed by atoms with Gasteiger partial charge in [0.15, 0.2) is 0 Å². The Labute approximate surface area is 120 Å². The molecule has 0 radical (unpaired) electrons. The molecule has 1 unspecified atom stereocenters. The van der Waals surface area contributed by atoms with Crippen molar-refractivity contribution in [3.8, 4) is 0 Å². The normalized spacial score (nSPS) is 13.0. The average molecular weight is 289 g/mol. The first-order chi connectivity index (χ1) is 8.54. The maximum Gasteiger partial charge on any atom is 0.0453 e. The summed E-state index contributed by atoms with van der Waals surface area (Å²) in [5.74, 6) is 0. The monoisotopic (exact) mass is 288 g/mol. The fourth-order valence-corrected chi connectivity index (χ4v) is 2.50. The van der Waals surface area contributed by atoms with Crippen molar-refractivity contribution in [2.24, 2.45) is 0 Å². The van der Waals surface area contributed by atoms with Gasteiger partial charge in [0.05, 0.1) is 0 Å². The molecule has 0 heterocycles. The van der Waals surface area contributed by atoms with Crippen LogP contribution in [0.4, 0.5) is 0 Å². The van der Waals surface area contributed by atoms with Crippen LogP contribution in [-0.2, 0) is 6.42 Å². The van der Waals surface area contributed by atoms with Gasteiger partial charge in [-0.15, -0.1) is 0 Å². The summed E-state index contributed by atoms with van der Waals surface area (Å²) in [5, 5.41) is 5.02. The lowest BCUT2D eigenvalue weighted by Crippen LogP contribution is -2.34. The lowest BCUT2D eigenvalue weighted by atomic mass is 10.0. The third kappa shape index (κ3) is 5.15. The van der Waals surface area contributed by atoms with Gasteiger partial charge >= 0.3 is 0 Å². The Morgan fingerprint density at radius 1 is 1.22 bits per heavy atom. The molecule has 1 aromatic rings. The zero-order valence-electron chi connectivity index (χ0n) is 11.3. The molecule has 0 aliphatic carbocycles. The van der Waals surface area contributed by atoms with E-state index < -0.39 is 0 Å². The van der Waals surface area contributed by atoms with Crippen molar-refractivity contribution in [1.29, 1.82) is 0 Å². The highest BCUT2D eigenvalue weighted by Gasteiger charge is 2.13. The van der Waals surface area contributed by atoms with Crippen molar-refractivity contribution in [2.75, 3.05) is 27.2 Å². The van der Waals surface area contributed by atoms with Crippen LogP contribution in [0.15, 0.2) is 18.2 Å². The van der Waals surface area contributed by atoms with Crippen LogP contribution >= 0.6 is 23.2 Å². The summed E-state index contributed by atoms with van der Waals surface area (Å²) in [7, 11) is 4.18. The first kappa shape index (κ1) is 15.8. The van der Waals surface area contributed by atoms with Gasteiger partial charge in [0.2, 0.25) is 0 Å². The van der Waals surface area contributed by atoms with Gasteiger partial charge in [0.25, 0.3) is 0 Å². The molecule has 1 rings (SSSR count). The van der Waals surface area contributed by atoms with E-state index >= 15 is 0 Å². The molecule has 102 valence electrons. The summed E-state index contributed by atoms with van der Waals surface area (Å²) in [5.41, 5.74) is 1.05. The molecule has 0 aliphatic rings. The summed E-state index contributed by atoms with van der Waals surface area (Å²) in [6.45, 7) is 4.14. The number of halogens is 2. The Balaban J connectivity index is 2.70. The lowest BCUT2D eigenvalue weighted by Gasteiger charge is -2.21. The first-order valence-electron chi connectivity index (χ1n) is 6.35. The Bertz CT molecular complexity index is 347. The number of nitrogens with zero attached hydrogens (tertiary/aromatic N) is 1. The van der Waals surface area contributed by atoms with Crippen LogP contribution in [0.3, 0.4) is 0 Å². The molecule has 0 amide bonds. The fraction of sp³-hybridized carbons (Fsp3) is 0.571. The van der Waals surface area contributed by atoms with Crippen LogP contribution in [0.25, 0.3) is 0 Å². The Kier molecular flexibility index (Phi) is 7.02. The second-order valence-corrected chi connectivity index (χ2v) is 5.57. The van der Waals surface area contributed by atoms with E-state index in [1.807, 2.05) is 18.2 Å². The highest BCUT2D eigenvalue weighted by Crippen LogP contribution is 2.26. The zero-order chi connectivity index (χ0) is 13.5. The topological polar surface area (TPSA) is 15.3 Å². The summed E-state index contributed by atoms with van der Waals surface area (Å²) < 4.78 is 0. The summed E-state index contributed by atoms with van der Waals surface area (Å²) in [6.07, 6.45) is 1.96. The number of likely N-dealkylation sites (N-methyl/N-ethyl adjacent to an activating group) is 1. The zero-order valence-corrected chi connectivity index (χ0v) is 12.9. The number of rotatable bonds is 7. The van der Waals surface area contributed by atoms with Gasteiger partial charge in [-0.05, 0) is 57.7 Å². The number of benzene rings is 1. The van der Waals surface area contributed by atoms with E-state index in [1.165, 1.54) is 0 Å². The van der Waals surface area contributed by atoms with Crippen LogP contribution in [-0.4, -0.2) is 38.1 Å². The molecule has 0 saturated heterocycles. The predicted molar refractivity (Wildman–Crippen MR) is 80.8 cm³/mol. The molecule has 1 aromatic carbocycles. The molecule has 1 N–H and O–H groups in total. The minimum Gasteiger partial charge on any atom is -0.314 e. The minimum absolute atomic E-state index is 0.412. The van der Waals surface area contributed by atoms with E-state index in [1.54, 1.807) is 0 Å². The molecule has 0 bridgehead atoms. The summed E-state index contributed by atoms with van der Waals surface area (Å²) >= 11 is 12.4. The first-order valence-corrected chi connectivity index (χ1v) is 7.11. The van der Waals surface area contributed by atoms with Crippen LogP contribution in [0.1, 0.15) is 18.9 Å². The third-order valence-electron chi connectivity index (χ3n) is 2.93. The second-order valence-electron chi connectivity index (χ2n) is 4.75. The quantitative estimate of drug-likeness (QED) is 0.827. The van der Waals surface area contributed by atoms with E-state index in [0.29, 0.717) is 6.04 Å². The SMILES string of the molecule is CCNC(CCN(C)C)Cc1c(Cl)cccc1Cl. The summed E-state index contributed by atoms with van der Waals surface area (Å²) in [6, 6.07) is 6.10. The van der Waals surface area contributed by atoms with E-state index in [4.69, 9.17) is 23.2 Å². The highest BCUT2D eigenvalue weighted by molar-refractivity contribution is 6.35. The van der Waals surface area contributed by atoms with Gasteiger partial charge in [0.1, 0.15) is 0 Å². The largest absolute Gasteiger partial charge is 0.314 e. The molecule has 0 aliphatic heterocycles. The van der Waals surface area contributed by atoms with Crippen LogP contribution in [0, 0.1) is 0 Å². The molecule has 0 aromatic heterocycles. The maximum atomic E-state index is 6.21. The van der Waals surface area contributed by atoms with Crippen molar-refractivity contribution >= 4 is 23.2 Å². The second kappa shape index (κ2) is 8.00. The number of hydrogen-bond acceptors (Lipinski definition) is 2. The Hall–Kier alpha value is -0.280. The molecule has 2 nitrogen and oxygen atoms in total. The van der Waals surface area contributed by atoms with Crippen LogP contribution < -0.4 is 5.32 Å². The smallest absolute Gasteiger partial charge is 0.0453 e. The highest BCUT2D eigenvalue weighted by atomic mass is 35.5. The van der Waals surface area contributed by atoms with Crippen LogP contribution in [0.2, 0.25) is 10.0 Å². The van der Waals surface area contributed by atoms with Gasteiger partial charge in [-0.25, -0.2) is 0 Å².